The molecule has 0 amide bonds. The molecule has 0 bridgehead atoms. The first kappa shape index (κ1) is 10.5. The number of benzene rings is 1. The molecule has 0 radical (unpaired) electrons. The molecule has 0 aliphatic carbocycles. The lowest BCUT2D eigenvalue weighted by molar-refractivity contribution is 0.626. The van der Waals surface area contributed by atoms with Crippen molar-refractivity contribution in [3.63, 3.8) is 0 Å². The van der Waals surface area contributed by atoms with E-state index in [0.717, 1.165) is 0 Å². The summed E-state index contributed by atoms with van der Waals surface area (Å²) in [6.07, 6.45) is 1.59. The first-order valence-electron chi connectivity index (χ1n) is 5.05. The predicted molar refractivity (Wildman–Crippen MR) is 62.1 cm³/mol. The van der Waals surface area contributed by atoms with Crippen molar-refractivity contribution in [3.05, 3.63) is 36.3 Å². The van der Waals surface area contributed by atoms with Gasteiger partial charge in [0.25, 0.3) is 0 Å². The van der Waals surface area contributed by atoms with Gasteiger partial charge in [-0.1, -0.05) is 12.1 Å². The van der Waals surface area contributed by atoms with Gasteiger partial charge in [-0.3, -0.25) is 5.10 Å². The van der Waals surface area contributed by atoms with Crippen LogP contribution in [0.25, 0.3) is 0 Å². The van der Waals surface area contributed by atoms with Gasteiger partial charge in [-0.25, -0.2) is 4.39 Å². The van der Waals surface area contributed by atoms with E-state index in [9.17, 15) is 4.39 Å². The molecule has 0 fully saturated rings. The van der Waals surface area contributed by atoms with Gasteiger partial charge in [0, 0.05) is 6.54 Å². The summed E-state index contributed by atoms with van der Waals surface area (Å²) in [5, 5.41) is 6.47. The maximum absolute atomic E-state index is 13.6. The molecule has 0 saturated heterocycles. The van der Waals surface area contributed by atoms with Gasteiger partial charge in [-0.2, -0.15) is 5.10 Å². The number of halogens is 1. The Morgan fingerprint density at radius 2 is 2.12 bits per heavy atom. The Morgan fingerprint density at radius 3 is 2.69 bits per heavy atom. The van der Waals surface area contributed by atoms with Gasteiger partial charge in [0.15, 0.2) is 0 Å². The Balaban J connectivity index is 2.45. The highest BCUT2D eigenvalue weighted by Crippen LogP contribution is 2.29. The molecule has 16 heavy (non-hydrogen) atoms. The van der Waals surface area contributed by atoms with Crippen molar-refractivity contribution in [2.45, 2.75) is 6.92 Å². The standard InChI is InChI=1S/C11H13FN4/c1-2-16(10-7-14-15-11(10)13)9-6-4-3-5-8(9)12/h3-7H,2H2,1H3,(H3,13,14,15). The largest absolute Gasteiger partial charge is 0.382 e. The second kappa shape index (κ2) is 4.22. The van der Waals surface area contributed by atoms with Gasteiger partial charge in [0.05, 0.1) is 11.9 Å². The van der Waals surface area contributed by atoms with Crippen LogP contribution in [0.2, 0.25) is 0 Å². The number of nitrogens with zero attached hydrogens (tertiary/aromatic N) is 2. The smallest absolute Gasteiger partial charge is 0.146 e. The molecule has 1 heterocycles. The molecule has 0 aliphatic heterocycles. The summed E-state index contributed by atoms with van der Waals surface area (Å²) in [5.74, 6) is 0.162. The summed E-state index contributed by atoms with van der Waals surface area (Å²) in [6.45, 7) is 2.55. The zero-order valence-corrected chi connectivity index (χ0v) is 8.94. The second-order valence-corrected chi connectivity index (χ2v) is 3.36. The molecule has 0 atom stereocenters. The normalized spacial score (nSPS) is 10.4. The average Bonchev–Trinajstić information content (AvgIpc) is 2.69. The van der Waals surface area contributed by atoms with E-state index in [1.54, 1.807) is 29.3 Å². The van der Waals surface area contributed by atoms with E-state index in [2.05, 4.69) is 10.2 Å². The van der Waals surface area contributed by atoms with E-state index in [0.29, 0.717) is 23.7 Å². The van der Waals surface area contributed by atoms with E-state index in [1.165, 1.54) is 6.07 Å². The van der Waals surface area contributed by atoms with E-state index in [4.69, 9.17) is 5.73 Å². The van der Waals surface area contributed by atoms with Crippen LogP contribution in [-0.4, -0.2) is 16.7 Å². The summed E-state index contributed by atoms with van der Waals surface area (Å²) in [4.78, 5) is 1.77. The monoisotopic (exact) mass is 220 g/mol. The van der Waals surface area contributed by atoms with Crippen LogP contribution in [0.5, 0.6) is 0 Å². The fourth-order valence-corrected chi connectivity index (χ4v) is 1.65. The first-order valence-corrected chi connectivity index (χ1v) is 5.05. The quantitative estimate of drug-likeness (QED) is 0.834. The zero-order chi connectivity index (χ0) is 11.5. The van der Waals surface area contributed by atoms with Crippen molar-refractivity contribution in [2.75, 3.05) is 17.2 Å². The predicted octanol–water partition coefficient (Wildman–Crippen LogP) is 2.29. The number of aromatic nitrogens is 2. The van der Waals surface area contributed by atoms with Crippen molar-refractivity contribution in [3.8, 4) is 0 Å². The molecule has 0 saturated carbocycles. The topological polar surface area (TPSA) is 57.9 Å². The number of para-hydroxylation sites is 1. The molecule has 5 heteroatoms. The number of H-pyrrole nitrogens is 1. The Kier molecular flexibility index (Phi) is 2.76. The van der Waals surface area contributed by atoms with Crippen molar-refractivity contribution in [1.29, 1.82) is 0 Å². The molecule has 4 nitrogen and oxygen atoms in total. The summed E-state index contributed by atoms with van der Waals surface area (Å²) < 4.78 is 13.6. The molecule has 0 unspecified atom stereocenters. The molecule has 2 rings (SSSR count). The molecule has 0 aliphatic rings. The van der Waals surface area contributed by atoms with Gasteiger partial charge in [0.2, 0.25) is 0 Å². The maximum atomic E-state index is 13.6. The van der Waals surface area contributed by atoms with Crippen molar-refractivity contribution in [1.82, 2.24) is 10.2 Å². The van der Waals surface area contributed by atoms with Gasteiger partial charge >= 0.3 is 0 Å². The molecular formula is C11H13FN4. The number of hydrogen-bond donors (Lipinski definition) is 2. The average molecular weight is 220 g/mol. The Labute approximate surface area is 92.9 Å². The molecule has 1 aromatic carbocycles. The molecule has 2 aromatic rings. The second-order valence-electron chi connectivity index (χ2n) is 3.36. The third-order valence-corrected chi connectivity index (χ3v) is 2.40. The molecule has 84 valence electrons. The summed E-state index contributed by atoms with van der Waals surface area (Å²) in [7, 11) is 0. The van der Waals surface area contributed by atoms with Crippen LogP contribution in [0, 0.1) is 5.82 Å². The highest BCUT2D eigenvalue weighted by molar-refractivity contribution is 5.71. The number of anilines is 3. The number of nitrogens with one attached hydrogen (secondary N) is 1. The minimum atomic E-state index is -0.273. The SMILES string of the molecule is CCN(c1ccccc1F)c1cn[nH]c1N. The Morgan fingerprint density at radius 1 is 1.38 bits per heavy atom. The van der Waals surface area contributed by atoms with Crippen molar-refractivity contribution in [2.24, 2.45) is 0 Å². The van der Waals surface area contributed by atoms with Crippen LogP contribution in [0.3, 0.4) is 0 Å². The Hall–Kier alpha value is -2.04. The van der Waals surface area contributed by atoms with Crippen molar-refractivity contribution < 1.29 is 4.39 Å². The van der Waals surface area contributed by atoms with Gasteiger partial charge < -0.3 is 10.6 Å². The molecule has 0 spiro atoms. The van der Waals surface area contributed by atoms with Crippen LogP contribution in [0.15, 0.2) is 30.5 Å². The summed E-state index contributed by atoms with van der Waals surface area (Å²) in [6, 6.07) is 6.59. The maximum Gasteiger partial charge on any atom is 0.146 e. The van der Waals surface area contributed by atoms with Crippen LogP contribution in [-0.2, 0) is 0 Å². The number of nitrogen functional groups attached to an aromatic ring is 1. The van der Waals surface area contributed by atoms with E-state index < -0.39 is 0 Å². The van der Waals surface area contributed by atoms with E-state index in [1.807, 2.05) is 6.92 Å². The van der Waals surface area contributed by atoms with E-state index >= 15 is 0 Å². The molecule has 3 N–H and O–H groups in total. The molecular weight excluding hydrogens is 207 g/mol. The third-order valence-electron chi connectivity index (χ3n) is 2.40. The first-order chi connectivity index (χ1) is 7.74. The number of nitrogens with two attached hydrogens (primary N) is 1. The van der Waals surface area contributed by atoms with Crippen LogP contribution in [0.1, 0.15) is 6.92 Å². The third kappa shape index (κ3) is 1.71. The minimum Gasteiger partial charge on any atom is -0.382 e. The van der Waals surface area contributed by atoms with Crippen molar-refractivity contribution >= 4 is 17.2 Å². The van der Waals surface area contributed by atoms with E-state index in [-0.39, 0.29) is 5.82 Å². The number of aromatic amines is 1. The Bertz CT molecular complexity index is 480. The summed E-state index contributed by atoms with van der Waals surface area (Å²) >= 11 is 0. The van der Waals surface area contributed by atoms with Crippen LogP contribution >= 0.6 is 0 Å². The lowest BCUT2D eigenvalue weighted by Gasteiger charge is -2.22. The van der Waals surface area contributed by atoms with Crippen LogP contribution < -0.4 is 10.6 Å². The lowest BCUT2D eigenvalue weighted by atomic mass is 10.2. The molecule has 1 aromatic heterocycles. The summed E-state index contributed by atoms with van der Waals surface area (Å²) in [5.41, 5.74) is 6.91. The zero-order valence-electron chi connectivity index (χ0n) is 8.94. The highest BCUT2D eigenvalue weighted by atomic mass is 19.1. The fourth-order valence-electron chi connectivity index (χ4n) is 1.65. The van der Waals surface area contributed by atoms with Crippen LogP contribution in [0.4, 0.5) is 21.6 Å². The number of hydrogen-bond acceptors (Lipinski definition) is 3. The van der Waals surface area contributed by atoms with Gasteiger partial charge in [-0.05, 0) is 19.1 Å². The highest BCUT2D eigenvalue weighted by Gasteiger charge is 2.14. The lowest BCUT2D eigenvalue weighted by Crippen LogP contribution is -2.17. The number of rotatable bonds is 3. The fraction of sp³-hybridized carbons (Fsp3) is 0.182. The van der Waals surface area contributed by atoms with Gasteiger partial charge in [-0.15, -0.1) is 0 Å². The minimum absolute atomic E-state index is 0.273. The van der Waals surface area contributed by atoms with Gasteiger partial charge in [0.1, 0.15) is 17.3 Å².